The molecular formula is C26H29NO2. The van der Waals surface area contributed by atoms with E-state index < -0.39 is 0 Å². The van der Waals surface area contributed by atoms with Crippen LogP contribution in [0.15, 0.2) is 84.9 Å². The van der Waals surface area contributed by atoms with Crippen molar-refractivity contribution in [3.05, 3.63) is 102 Å². The minimum Gasteiger partial charge on any atom is -0.489 e. The second kappa shape index (κ2) is 9.73. The van der Waals surface area contributed by atoms with Crippen molar-refractivity contribution in [2.45, 2.75) is 31.5 Å². The van der Waals surface area contributed by atoms with Gasteiger partial charge in [-0.3, -0.25) is 0 Å². The summed E-state index contributed by atoms with van der Waals surface area (Å²) in [5, 5.41) is 10.7. The molecule has 0 amide bonds. The molecule has 0 spiro atoms. The minimum atomic E-state index is -0.324. The molecule has 0 aliphatic carbocycles. The number of hydrogen-bond acceptors (Lipinski definition) is 3. The summed E-state index contributed by atoms with van der Waals surface area (Å²) in [5.74, 6) is 1.07. The monoisotopic (exact) mass is 387 g/mol. The smallest absolute Gasteiger partial charge is 0.119 e. The maximum absolute atomic E-state index is 10.7. The van der Waals surface area contributed by atoms with E-state index in [-0.39, 0.29) is 12.0 Å². The van der Waals surface area contributed by atoms with Crippen LogP contribution in [0.3, 0.4) is 0 Å². The highest BCUT2D eigenvalue weighted by Gasteiger charge is 2.28. The van der Waals surface area contributed by atoms with Crippen molar-refractivity contribution in [2.24, 2.45) is 0 Å². The quantitative estimate of drug-likeness (QED) is 0.640. The van der Waals surface area contributed by atoms with E-state index in [9.17, 15) is 5.11 Å². The minimum absolute atomic E-state index is 0.200. The van der Waals surface area contributed by atoms with Gasteiger partial charge in [0.25, 0.3) is 0 Å². The van der Waals surface area contributed by atoms with Gasteiger partial charge in [-0.1, -0.05) is 72.8 Å². The topological polar surface area (TPSA) is 32.7 Å². The number of aliphatic hydroxyl groups excluding tert-OH is 1. The number of hydrogen-bond donors (Lipinski definition) is 1. The Hall–Kier alpha value is -2.62. The van der Waals surface area contributed by atoms with E-state index in [1.165, 1.54) is 11.1 Å². The number of likely N-dealkylation sites (tertiary alicyclic amines) is 1. The summed E-state index contributed by atoms with van der Waals surface area (Å²) in [4.78, 5) is 2.38. The molecule has 0 aromatic heterocycles. The number of ether oxygens (including phenoxy) is 1. The summed E-state index contributed by atoms with van der Waals surface area (Å²) in [6, 6.07) is 29.0. The summed E-state index contributed by atoms with van der Waals surface area (Å²) in [6.07, 6.45) is 1.70. The Morgan fingerprint density at radius 2 is 1.48 bits per heavy atom. The van der Waals surface area contributed by atoms with Gasteiger partial charge in [-0.2, -0.15) is 0 Å². The van der Waals surface area contributed by atoms with E-state index in [0.29, 0.717) is 6.61 Å². The molecule has 1 fully saturated rings. The third kappa shape index (κ3) is 5.47. The van der Waals surface area contributed by atoms with Gasteiger partial charge < -0.3 is 14.7 Å². The molecule has 3 aromatic rings. The van der Waals surface area contributed by atoms with Crippen LogP contribution in [0.4, 0.5) is 0 Å². The molecule has 29 heavy (non-hydrogen) atoms. The van der Waals surface area contributed by atoms with Crippen LogP contribution in [0, 0.1) is 0 Å². The predicted octanol–water partition coefficient (Wildman–Crippen LogP) is 4.66. The predicted molar refractivity (Wildman–Crippen MR) is 117 cm³/mol. The highest BCUT2D eigenvalue weighted by atomic mass is 16.5. The van der Waals surface area contributed by atoms with Crippen molar-refractivity contribution in [2.75, 3.05) is 19.6 Å². The molecule has 3 nitrogen and oxygen atoms in total. The van der Waals surface area contributed by atoms with Crippen LogP contribution in [0.1, 0.15) is 29.0 Å². The first-order chi connectivity index (χ1) is 14.3. The van der Waals surface area contributed by atoms with Crippen molar-refractivity contribution < 1.29 is 9.84 Å². The van der Waals surface area contributed by atoms with Crippen LogP contribution in [0.2, 0.25) is 0 Å². The molecule has 1 saturated heterocycles. The fraction of sp³-hybridized carbons (Fsp3) is 0.308. The zero-order chi connectivity index (χ0) is 19.9. The van der Waals surface area contributed by atoms with Crippen molar-refractivity contribution in [1.29, 1.82) is 0 Å². The maximum atomic E-state index is 10.7. The lowest BCUT2D eigenvalue weighted by Crippen LogP contribution is -2.43. The lowest BCUT2D eigenvalue weighted by Gasteiger charge is -2.36. The standard InChI is InChI=1S/C26H29NO2/c28-26-19-27(17-15-21-7-3-1-4-8-21)18-16-25(26)23-11-13-24(14-12-23)29-20-22-9-5-2-6-10-22/h1-14,25-26,28H,15-20H2/t25-,26-/m1/s1. The maximum Gasteiger partial charge on any atom is 0.119 e. The van der Waals surface area contributed by atoms with Gasteiger partial charge in [0.15, 0.2) is 0 Å². The van der Waals surface area contributed by atoms with Gasteiger partial charge in [0.1, 0.15) is 12.4 Å². The van der Waals surface area contributed by atoms with E-state index >= 15 is 0 Å². The average molecular weight is 388 g/mol. The zero-order valence-corrected chi connectivity index (χ0v) is 16.8. The highest BCUT2D eigenvalue weighted by Crippen LogP contribution is 2.30. The molecule has 0 unspecified atom stereocenters. The first-order valence-electron chi connectivity index (χ1n) is 10.5. The summed E-state index contributed by atoms with van der Waals surface area (Å²) >= 11 is 0. The normalized spacial score (nSPS) is 19.8. The molecule has 1 N–H and O–H groups in total. The van der Waals surface area contributed by atoms with Crippen LogP contribution in [-0.4, -0.2) is 35.7 Å². The van der Waals surface area contributed by atoms with Crippen LogP contribution in [0.5, 0.6) is 5.75 Å². The third-order valence-corrected chi connectivity index (χ3v) is 5.78. The molecule has 4 rings (SSSR count). The SMILES string of the molecule is O[C@@H]1CN(CCc2ccccc2)CC[C@@H]1c1ccc(OCc2ccccc2)cc1. The van der Waals surface area contributed by atoms with Crippen LogP contribution in [0.25, 0.3) is 0 Å². The van der Waals surface area contributed by atoms with Gasteiger partial charge in [-0.25, -0.2) is 0 Å². The van der Waals surface area contributed by atoms with Crippen molar-refractivity contribution >= 4 is 0 Å². The van der Waals surface area contributed by atoms with E-state index in [1.54, 1.807) is 0 Å². The molecule has 2 atom stereocenters. The molecule has 150 valence electrons. The second-order valence-corrected chi connectivity index (χ2v) is 7.84. The molecule has 1 aliphatic heterocycles. The van der Waals surface area contributed by atoms with Gasteiger partial charge in [0.2, 0.25) is 0 Å². The van der Waals surface area contributed by atoms with Gasteiger partial charge in [0, 0.05) is 19.0 Å². The van der Waals surface area contributed by atoms with Crippen molar-refractivity contribution in [3.63, 3.8) is 0 Å². The molecule has 3 heteroatoms. The molecule has 1 heterocycles. The number of benzene rings is 3. The Bertz CT molecular complexity index is 864. The Morgan fingerprint density at radius 1 is 0.828 bits per heavy atom. The summed E-state index contributed by atoms with van der Waals surface area (Å²) in [7, 11) is 0. The third-order valence-electron chi connectivity index (χ3n) is 5.78. The Balaban J connectivity index is 1.28. The molecule has 0 radical (unpaired) electrons. The van der Waals surface area contributed by atoms with E-state index in [4.69, 9.17) is 4.74 Å². The second-order valence-electron chi connectivity index (χ2n) is 7.84. The van der Waals surface area contributed by atoms with Crippen molar-refractivity contribution in [1.82, 2.24) is 4.90 Å². The number of nitrogens with zero attached hydrogens (tertiary/aromatic N) is 1. The molecule has 0 bridgehead atoms. The summed E-state index contributed by atoms with van der Waals surface area (Å²) in [6.45, 7) is 3.34. The van der Waals surface area contributed by atoms with E-state index in [0.717, 1.165) is 43.8 Å². The number of piperidine rings is 1. The molecule has 1 aliphatic rings. The first-order valence-corrected chi connectivity index (χ1v) is 10.5. The van der Waals surface area contributed by atoms with Crippen LogP contribution >= 0.6 is 0 Å². The van der Waals surface area contributed by atoms with Crippen LogP contribution < -0.4 is 4.74 Å². The first kappa shape index (κ1) is 19.7. The van der Waals surface area contributed by atoms with Gasteiger partial charge >= 0.3 is 0 Å². The number of aliphatic hydroxyl groups is 1. The largest absolute Gasteiger partial charge is 0.489 e. The molecular weight excluding hydrogens is 358 g/mol. The Kier molecular flexibility index (Phi) is 6.60. The molecule has 3 aromatic carbocycles. The summed E-state index contributed by atoms with van der Waals surface area (Å²) < 4.78 is 5.88. The van der Waals surface area contributed by atoms with Gasteiger partial charge in [-0.05, 0) is 48.2 Å². The van der Waals surface area contributed by atoms with Gasteiger partial charge in [0.05, 0.1) is 6.10 Å². The van der Waals surface area contributed by atoms with E-state index in [1.807, 2.05) is 30.3 Å². The highest BCUT2D eigenvalue weighted by molar-refractivity contribution is 5.31. The number of rotatable bonds is 7. The fourth-order valence-electron chi connectivity index (χ4n) is 4.07. The van der Waals surface area contributed by atoms with Gasteiger partial charge in [-0.15, -0.1) is 0 Å². The summed E-state index contributed by atoms with van der Waals surface area (Å²) in [5.41, 5.74) is 3.72. The van der Waals surface area contributed by atoms with E-state index in [2.05, 4.69) is 59.5 Å². The fourth-order valence-corrected chi connectivity index (χ4v) is 4.07. The average Bonchev–Trinajstić information content (AvgIpc) is 2.78. The zero-order valence-electron chi connectivity index (χ0n) is 16.8. The van der Waals surface area contributed by atoms with Crippen LogP contribution in [-0.2, 0) is 13.0 Å². The molecule has 0 saturated carbocycles. The lowest BCUT2D eigenvalue weighted by molar-refractivity contribution is 0.0519. The Labute approximate surface area is 173 Å². The number of β-amino-alcohol motifs (C(OH)–C–C–N with tert-alkyl or cyclic N) is 1. The lowest BCUT2D eigenvalue weighted by atomic mass is 9.87. The van der Waals surface area contributed by atoms with Crippen molar-refractivity contribution in [3.8, 4) is 5.75 Å². The Morgan fingerprint density at radius 3 is 2.14 bits per heavy atom.